The summed E-state index contributed by atoms with van der Waals surface area (Å²) in [5, 5.41) is 0. The van der Waals surface area contributed by atoms with Gasteiger partial charge in [0, 0.05) is 6.92 Å². The van der Waals surface area contributed by atoms with E-state index in [4.69, 9.17) is 0 Å². The summed E-state index contributed by atoms with van der Waals surface area (Å²) in [4.78, 5) is 0. The Labute approximate surface area is 88.3 Å². The molecule has 104 valence electrons. The van der Waals surface area contributed by atoms with Gasteiger partial charge in [0.25, 0.3) is 0 Å². The van der Waals surface area contributed by atoms with Gasteiger partial charge in [0.2, 0.25) is 0 Å². The van der Waals surface area contributed by atoms with Crippen LogP contribution in [0.5, 0.6) is 0 Å². The molecule has 17 heavy (non-hydrogen) atoms. The number of hydrogen-bond acceptors (Lipinski definition) is 2. The molecule has 0 aliphatic heterocycles. The Kier molecular flexibility index (Phi) is 4.33. The lowest BCUT2D eigenvalue weighted by Gasteiger charge is -2.29. The van der Waals surface area contributed by atoms with Gasteiger partial charge in [-0.3, -0.25) is 0 Å². The molecule has 0 spiro atoms. The number of halogens is 9. The molecule has 0 bridgehead atoms. The van der Waals surface area contributed by atoms with Crippen molar-refractivity contribution >= 4 is 0 Å². The minimum Gasteiger partial charge on any atom is -0.248 e. The van der Waals surface area contributed by atoms with Crippen LogP contribution >= 0.6 is 0 Å². The highest BCUT2D eigenvalue weighted by atomic mass is 19.3. The molecule has 0 aliphatic rings. The molecule has 0 saturated carbocycles. The quantitative estimate of drug-likeness (QED) is 0.694. The molecular weight excluding hydrogens is 275 g/mol. The van der Waals surface area contributed by atoms with Gasteiger partial charge >= 0.3 is 24.4 Å². The molecule has 0 aliphatic carbocycles. The van der Waals surface area contributed by atoms with Crippen molar-refractivity contribution in [1.82, 2.24) is 0 Å². The van der Waals surface area contributed by atoms with Gasteiger partial charge in [-0.2, -0.15) is 35.1 Å². The lowest BCUT2D eigenvalue weighted by atomic mass is 10.5. The zero-order valence-corrected chi connectivity index (χ0v) is 7.93. The largest absolute Gasteiger partial charge is 0.453 e. The molecule has 0 atom stereocenters. The van der Waals surface area contributed by atoms with Gasteiger partial charge in [-0.15, -0.1) is 0 Å². The van der Waals surface area contributed by atoms with E-state index in [-0.39, 0.29) is 6.92 Å². The van der Waals surface area contributed by atoms with Crippen LogP contribution in [-0.4, -0.2) is 31.1 Å². The van der Waals surface area contributed by atoms with Gasteiger partial charge in [-0.1, -0.05) is 0 Å². The van der Waals surface area contributed by atoms with Gasteiger partial charge in [-0.25, -0.2) is 13.9 Å². The highest BCUT2D eigenvalue weighted by Crippen LogP contribution is 2.42. The predicted molar refractivity (Wildman–Crippen MR) is 33.6 cm³/mol. The van der Waals surface area contributed by atoms with Crippen LogP contribution in [-0.2, 0) is 9.47 Å². The molecule has 0 rings (SSSR count). The molecular formula is C6H5F9O2. The van der Waals surface area contributed by atoms with E-state index < -0.39 is 31.1 Å². The Morgan fingerprint density at radius 1 is 0.765 bits per heavy atom. The molecule has 0 aromatic rings. The Morgan fingerprint density at radius 2 is 1.12 bits per heavy atom. The average molecular weight is 280 g/mol. The van der Waals surface area contributed by atoms with Crippen molar-refractivity contribution in [2.75, 3.05) is 6.67 Å². The van der Waals surface area contributed by atoms with E-state index in [0.29, 0.717) is 0 Å². The van der Waals surface area contributed by atoms with Crippen LogP contribution in [0.15, 0.2) is 0 Å². The van der Waals surface area contributed by atoms with Crippen molar-refractivity contribution in [3.05, 3.63) is 0 Å². The van der Waals surface area contributed by atoms with Crippen LogP contribution in [0.4, 0.5) is 39.5 Å². The van der Waals surface area contributed by atoms with E-state index in [1.165, 1.54) is 0 Å². The molecule has 2 nitrogen and oxygen atoms in total. The Morgan fingerprint density at radius 3 is 1.41 bits per heavy atom. The summed E-state index contributed by atoms with van der Waals surface area (Å²) in [5.74, 6) is 0. The summed E-state index contributed by atoms with van der Waals surface area (Å²) in [6.07, 6.45) is -22.2. The van der Waals surface area contributed by atoms with E-state index >= 15 is 0 Å². The monoisotopic (exact) mass is 280 g/mol. The molecule has 0 radical (unpaired) electrons. The SMILES string of the molecule is CC(F)(F)OC(F)(F)C(F)(F)OC(F)(F)CF. The Bertz CT molecular complexity index is 259. The van der Waals surface area contributed by atoms with Crippen LogP contribution in [0.1, 0.15) is 6.92 Å². The first-order valence-electron chi connectivity index (χ1n) is 3.70. The molecule has 0 saturated heterocycles. The van der Waals surface area contributed by atoms with Crippen LogP contribution in [0.3, 0.4) is 0 Å². The highest BCUT2D eigenvalue weighted by molar-refractivity contribution is 4.70. The average Bonchev–Trinajstić information content (AvgIpc) is 1.97. The van der Waals surface area contributed by atoms with Crippen molar-refractivity contribution in [1.29, 1.82) is 0 Å². The van der Waals surface area contributed by atoms with Gasteiger partial charge in [-0.05, 0) is 0 Å². The summed E-state index contributed by atoms with van der Waals surface area (Å²) in [5.41, 5.74) is 0. The molecule has 0 heterocycles. The van der Waals surface area contributed by atoms with Crippen molar-refractivity contribution in [3.8, 4) is 0 Å². The summed E-state index contributed by atoms with van der Waals surface area (Å²) >= 11 is 0. The van der Waals surface area contributed by atoms with E-state index in [1.54, 1.807) is 0 Å². The third-order valence-corrected chi connectivity index (χ3v) is 1.08. The third kappa shape index (κ3) is 4.98. The maximum absolute atomic E-state index is 12.3. The van der Waals surface area contributed by atoms with Crippen molar-refractivity contribution in [2.24, 2.45) is 0 Å². The van der Waals surface area contributed by atoms with Gasteiger partial charge < -0.3 is 0 Å². The highest BCUT2D eigenvalue weighted by Gasteiger charge is 2.66. The first-order valence-corrected chi connectivity index (χ1v) is 3.70. The fourth-order valence-corrected chi connectivity index (χ4v) is 0.559. The second-order valence-electron chi connectivity index (χ2n) is 2.82. The number of rotatable bonds is 6. The van der Waals surface area contributed by atoms with Crippen LogP contribution in [0.2, 0.25) is 0 Å². The van der Waals surface area contributed by atoms with Crippen LogP contribution in [0, 0.1) is 0 Å². The minimum absolute atomic E-state index is 0.329. The van der Waals surface area contributed by atoms with E-state index in [1.807, 2.05) is 0 Å². The van der Waals surface area contributed by atoms with Crippen LogP contribution in [0.25, 0.3) is 0 Å². The van der Waals surface area contributed by atoms with Gasteiger partial charge in [0.1, 0.15) is 0 Å². The smallest absolute Gasteiger partial charge is 0.248 e. The van der Waals surface area contributed by atoms with E-state index in [2.05, 4.69) is 9.47 Å². The van der Waals surface area contributed by atoms with E-state index in [0.717, 1.165) is 0 Å². The summed E-state index contributed by atoms with van der Waals surface area (Å²) in [6, 6.07) is 0. The summed E-state index contributed by atoms with van der Waals surface area (Å²) < 4.78 is 113. The summed E-state index contributed by atoms with van der Waals surface area (Å²) in [7, 11) is 0. The number of ether oxygens (including phenoxy) is 2. The fourth-order valence-electron chi connectivity index (χ4n) is 0.559. The second kappa shape index (κ2) is 4.52. The fraction of sp³-hybridized carbons (Fsp3) is 1.00. The normalized spacial score (nSPS) is 15.2. The lowest BCUT2D eigenvalue weighted by Crippen LogP contribution is -2.51. The van der Waals surface area contributed by atoms with Crippen molar-refractivity contribution in [3.63, 3.8) is 0 Å². The maximum atomic E-state index is 12.3. The predicted octanol–water partition coefficient (Wildman–Crippen LogP) is 3.38. The number of hydrogen-bond donors (Lipinski definition) is 0. The molecule has 0 unspecified atom stereocenters. The first kappa shape index (κ1) is 16.3. The van der Waals surface area contributed by atoms with Crippen LogP contribution < -0.4 is 0 Å². The maximum Gasteiger partial charge on any atom is 0.453 e. The zero-order valence-electron chi connectivity index (χ0n) is 7.93. The Hall–Kier alpha value is -0.710. The topological polar surface area (TPSA) is 18.5 Å². The molecule has 0 fully saturated rings. The standard InChI is InChI=1S/C6H5F9O2/c1-3(8,9)16-5(12,13)6(14,15)17-4(10,11)2-7/h2H2,1H3. The molecule has 0 amide bonds. The van der Waals surface area contributed by atoms with Gasteiger partial charge in [0.15, 0.2) is 6.67 Å². The summed E-state index contributed by atoms with van der Waals surface area (Å²) in [6.45, 7) is -3.18. The zero-order chi connectivity index (χ0) is 14.1. The first-order chi connectivity index (χ1) is 7.22. The Balaban J connectivity index is 4.91. The molecule has 0 aromatic heterocycles. The molecule has 11 heteroatoms. The molecule has 0 N–H and O–H groups in total. The lowest BCUT2D eigenvalue weighted by molar-refractivity contribution is -0.511. The second-order valence-corrected chi connectivity index (χ2v) is 2.82. The van der Waals surface area contributed by atoms with Gasteiger partial charge in [0.05, 0.1) is 0 Å². The minimum atomic E-state index is -6.14. The third-order valence-electron chi connectivity index (χ3n) is 1.08. The molecule has 0 aromatic carbocycles. The van der Waals surface area contributed by atoms with E-state index in [9.17, 15) is 39.5 Å². The van der Waals surface area contributed by atoms with Crippen molar-refractivity contribution < 1.29 is 49.0 Å². The van der Waals surface area contributed by atoms with Crippen molar-refractivity contribution in [2.45, 2.75) is 31.4 Å². The number of alkyl halides is 9.